The molecule has 1 aromatic carbocycles. The number of nitro groups is 1. The van der Waals surface area contributed by atoms with Crippen molar-refractivity contribution in [3.63, 3.8) is 0 Å². The van der Waals surface area contributed by atoms with Crippen LogP contribution in [-0.4, -0.2) is 23.7 Å². The number of benzene rings is 1. The third kappa shape index (κ3) is 4.56. The molecule has 0 bridgehead atoms. The van der Waals surface area contributed by atoms with Gasteiger partial charge in [-0.2, -0.15) is 5.26 Å². The quantitative estimate of drug-likeness (QED) is 0.501. The maximum atomic E-state index is 11.0. The predicted molar refractivity (Wildman–Crippen MR) is 72.0 cm³/mol. The fourth-order valence-electron chi connectivity index (χ4n) is 1.52. The van der Waals surface area contributed by atoms with Crippen LogP contribution in [0.1, 0.15) is 26.3 Å². The molecule has 0 saturated carbocycles. The Balaban J connectivity index is 2.74. The molecule has 1 aromatic rings. The number of nitro benzene ring substituents is 1. The van der Waals surface area contributed by atoms with Crippen molar-refractivity contribution in [2.75, 3.05) is 18.5 Å². The number of nitrogens with zero attached hydrogens (tertiary/aromatic N) is 2. The molecule has 0 aliphatic rings. The molecule has 0 aliphatic heterocycles. The summed E-state index contributed by atoms with van der Waals surface area (Å²) in [6, 6.07) is 6.43. The third-order valence-corrected chi connectivity index (χ3v) is 2.29. The first-order valence-electron chi connectivity index (χ1n) is 5.90. The van der Waals surface area contributed by atoms with Crippen LogP contribution >= 0.6 is 0 Å². The summed E-state index contributed by atoms with van der Waals surface area (Å²) in [5, 5.41) is 22.8. The van der Waals surface area contributed by atoms with Gasteiger partial charge in [-0.1, -0.05) is 6.07 Å². The van der Waals surface area contributed by atoms with Crippen LogP contribution in [0.25, 0.3) is 0 Å². The second kappa shape index (κ2) is 6.16. The summed E-state index contributed by atoms with van der Waals surface area (Å²) in [6.45, 7) is 6.67. The van der Waals surface area contributed by atoms with Gasteiger partial charge in [0, 0.05) is 6.54 Å². The number of para-hydroxylation sites is 1. The van der Waals surface area contributed by atoms with Gasteiger partial charge >= 0.3 is 5.69 Å². The lowest BCUT2D eigenvalue weighted by Gasteiger charge is -2.19. The first kappa shape index (κ1) is 14.9. The van der Waals surface area contributed by atoms with Gasteiger partial charge in [-0.3, -0.25) is 10.1 Å². The van der Waals surface area contributed by atoms with Crippen LogP contribution < -0.4 is 5.32 Å². The molecule has 0 radical (unpaired) electrons. The number of rotatable bonds is 5. The number of nitrogens with one attached hydrogen (secondary N) is 1. The maximum Gasteiger partial charge on any atom is 0.309 e. The Hall–Kier alpha value is -2.13. The van der Waals surface area contributed by atoms with E-state index in [0.29, 0.717) is 18.8 Å². The van der Waals surface area contributed by atoms with E-state index in [4.69, 9.17) is 10.00 Å². The van der Waals surface area contributed by atoms with Gasteiger partial charge < -0.3 is 10.1 Å². The monoisotopic (exact) mass is 263 g/mol. The van der Waals surface area contributed by atoms with E-state index in [1.165, 1.54) is 6.07 Å². The van der Waals surface area contributed by atoms with Crippen molar-refractivity contribution in [3.8, 4) is 6.07 Å². The Bertz CT molecular complexity index is 501. The molecule has 0 aromatic heterocycles. The second-order valence-corrected chi connectivity index (χ2v) is 4.96. The Kier molecular flexibility index (Phi) is 4.84. The fraction of sp³-hybridized carbons (Fsp3) is 0.462. The second-order valence-electron chi connectivity index (χ2n) is 4.96. The normalized spacial score (nSPS) is 10.8. The minimum Gasteiger partial charge on any atom is -0.377 e. The molecule has 19 heavy (non-hydrogen) atoms. The zero-order chi connectivity index (χ0) is 14.5. The van der Waals surface area contributed by atoms with Crippen molar-refractivity contribution in [2.24, 2.45) is 0 Å². The summed E-state index contributed by atoms with van der Waals surface area (Å²) in [6.07, 6.45) is 0. The molecule has 1 N–H and O–H groups in total. The topological polar surface area (TPSA) is 88.2 Å². The first-order valence-corrected chi connectivity index (χ1v) is 5.90. The summed E-state index contributed by atoms with van der Waals surface area (Å²) in [7, 11) is 0. The Morgan fingerprint density at radius 2 is 2.16 bits per heavy atom. The van der Waals surface area contributed by atoms with Crippen LogP contribution in [-0.2, 0) is 4.74 Å². The van der Waals surface area contributed by atoms with Gasteiger partial charge in [-0.15, -0.1) is 0 Å². The van der Waals surface area contributed by atoms with E-state index in [0.717, 1.165) is 0 Å². The van der Waals surface area contributed by atoms with Gasteiger partial charge in [0.05, 0.1) is 17.1 Å². The summed E-state index contributed by atoms with van der Waals surface area (Å²) in [4.78, 5) is 10.4. The molecule has 1 rings (SSSR count). The van der Waals surface area contributed by atoms with Crippen molar-refractivity contribution in [1.82, 2.24) is 0 Å². The van der Waals surface area contributed by atoms with Gasteiger partial charge in [-0.05, 0) is 32.9 Å². The standard InChI is InChI=1S/C13H17N3O3/c1-13(2,3)19-8-7-15-11-6-4-5-10(9-14)12(11)16(17)18/h4-6,15H,7-8H2,1-3H3. The zero-order valence-corrected chi connectivity index (χ0v) is 11.3. The van der Waals surface area contributed by atoms with Crippen LogP contribution in [0.5, 0.6) is 0 Å². The fourth-order valence-corrected chi connectivity index (χ4v) is 1.52. The van der Waals surface area contributed by atoms with E-state index in [2.05, 4.69) is 5.32 Å². The Labute approximate surface area is 112 Å². The van der Waals surface area contributed by atoms with E-state index in [1.54, 1.807) is 12.1 Å². The molecule has 6 heteroatoms. The Morgan fingerprint density at radius 1 is 1.47 bits per heavy atom. The minimum absolute atomic E-state index is 0.0479. The van der Waals surface area contributed by atoms with E-state index in [9.17, 15) is 10.1 Å². The first-order chi connectivity index (χ1) is 8.85. The van der Waals surface area contributed by atoms with E-state index in [1.807, 2.05) is 26.8 Å². The van der Waals surface area contributed by atoms with Crippen LogP contribution in [0.3, 0.4) is 0 Å². The van der Waals surface area contributed by atoms with Crippen LogP contribution in [0.2, 0.25) is 0 Å². The lowest BCUT2D eigenvalue weighted by atomic mass is 10.1. The van der Waals surface area contributed by atoms with E-state index >= 15 is 0 Å². The summed E-state index contributed by atoms with van der Waals surface area (Å²) >= 11 is 0. The lowest BCUT2D eigenvalue weighted by Crippen LogP contribution is -2.23. The SMILES string of the molecule is CC(C)(C)OCCNc1cccc(C#N)c1[N+](=O)[O-]. The zero-order valence-electron chi connectivity index (χ0n) is 11.3. The average molecular weight is 263 g/mol. The van der Waals surface area contributed by atoms with Crippen LogP contribution in [0.15, 0.2) is 18.2 Å². The molecule has 0 unspecified atom stereocenters. The van der Waals surface area contributed by atoms with Gasteiger partial charge in [0.15, 0.2) is 0 Å². The van der Waals surface area contributed by atoms with Crippen LogP contribution in [0, 0.1) is 21.4 Å². The van der Waals surface area contributed by atoms with E-state index < -0.39 is 4.92 Å². The molecule has 0 heterocycles. The summed E-state index contributed by atoms with van der Waals surface area (Å²) in [5.74, 6) is 0. The molecule has 102 valence electrons. The molecule has 0 spiro atoms. The van der Waals surface area contributed by atoms with Crippen molar-refractivity contribution >= 4 is 11.4 Å². The van der Waals surface area contributed by atoms with Crippen molar-refractivity contribution in [2.45, 2.75) is 26.4 Å². The molecule has 0 fully saturated rings. The van der Waals surface area contributed by atoms with Crippen molar-refractivity contribution in [1.29, 1.82) is 5.26 Å². The number of hydrogen-bond acceptors (Lipinski definition) is 5. The molecule has 0 amide bonds. The van der Waals surface area contributed by atoms with Gasteiger partial charge in [0.1, 0.15) is 17.3 Å². The minimum atomic E-state index is -0.550. The number of anilines is 1. The van der Waals surface area contributed by atoms with Crippen molar-refractivity contribution in [3.05, 3.63) is 33.9 Å². The molecule has 0 atom stereocenters. The Morgan fingerprint density at radius 3 is 2.68 bits per heavy atom. The number of ether oxygens (including phenoxy) is 1. The molecular weight excluding hydrogens is 246 g/mol. The third-order valence-electron chi connectivity index (χ3n) is 2.29. The highest BCUT2D eigenvalue weighted by Crippen LogP contribution is 2.27. The van der Waals surface area contributed by atoms with E-state index in [-0.39, 0.29) is 16.9 Å². The van der Waals surface area contributed by atoms with Gasteiger partial charge in [0.25, 0.3) is 0 Å². The van der Waals surface area contributed by atoms with Gasteiger partial charge in [0.2, 0.25) is 0 Å². The highest BCUT2D eigenvalue weighted by molar-refractivity contribution is 5.68. The van der Waals surface area contributed by atoms with Crippen molar-refractivity contribution < 1.29 is 9.66 Å². The average Bonchev–Trinajstić information content (AvgIpc) is 2.32. The number of hydrogen-bond donors (Lipinski definition) is 1. The highest BCUT2D eigenvalue weighted by Gasteiger charge is 2.19. The summed E-state index contributed by atoms with van der Waals surface area (Å²) < 4.78 is 5.51. The highest BCUT2D eigenvalue weighted by atomic mass is 16.6. The molecular formula is C13H17N3O3. The van der Waals surface area contributed by atoms with Crippen LogP contribution in [0.4, 0.5) is 11.4 Å². The molecule has 0 saturated heterocycles. The summed E-state index contributed by atoms with van der Waals surface area (Å²) in [5.41, 5.74) is -0.0590. The lowest BCUT2D eigenvalue weighted by molar-refractivity contribution is -0.384. The smallest absolute Gasteiger partial charge is 0.309 e. The largest absolute Gasteiger partial charge is 0.377 e. The predicted octanol–water partition coefficient (Wildman–Crippen LogP) is 2.69. The maximum absolute atomic E-state index is 11.0. The van der Waals surface area contributed by atoms with Gasteiger partial charge in [-0.25, -0.2) is 0 Å². The molecule has 6 nitrogen and oxygen atoms in total. The molecule has 0 aliphatic carbocycles. The number of nitriles is 1.